The standard InChI is InChI=1S/C10H13N3O/c1-8(14)12-10(11)13(2)9-6-4-3-5-7-9/h3-7H,1-2H3,(H2,11,12,14). The minimum Gasteiger partial charge on any atom is -0.369 e. The van der Waals surface area contributed by atoms with E-state index in [4.69, 9.17) is 5.73 Å². The van der Waals surface area contributed by atoms with Crippen LogP contribution in [0.25, 0.3) is 0 Å². The third-order valence-electron chi connectivity index (χ3n) is 1.76. The zero-order valence-electron chi connectivity index (χ0n) is 8.27. The van der Waals surface area contributed by atoms with E-state index in [2.05, 4.69) is 4.99 Å². The molecule has 2 N–H and O–H groups in total. The summed E-state index contributed by atoms with van der Waals surface area (Å²) in [4.78, 5) is 16.0. The highest BCUT2D eigenvalue weighted by Crippen LogP contribution is 2.09. The molecule has 1 aromatic rings. The van der Waals surface area contributed by atoms with E-state index in [1.54, 1.807) is 11.9 Å². The molecule has 1 aromatic carbocycles. The SMILES string of the molecule is CC(=O)N=C(N)N(C)c1ccccc1. The maximum atomic E-state index is 10.7. The number of nitrogens with zero attached hydrogens (tertiary/aromatic N) is 2. The summed E-state index contributed by atoms with van der Waals surface area (Å²) in [6, 6.07) is 9.49. The molecule has 0 aromatic heterocycles. The molecule has 0 saturated heterocycles. The van der Waals surface area contributed by atoms with Crippen molar-refractivity contribution in [2.24, 2.45) is 10.7 Å². The molecule has 0 heterocycles. The van der Waals surface area contributed by atoms with Crippen molar-refractivity contribution >= 4 is 17.6 Å². The van der Waals surface area contributed by atoms with Crippen LogP contribution >= 0.6 is 0 Å². The monoisotopic (exact) mass is 191 g/mol. The van der Waals surface area contributed by atoms with Crippen LogP contribution < -0.4 is 10.6 Å². The third-order valence-corrected chi connectivity index (χ3v) is 1.76. The minimum atomic E-state index is -0.301. The Bertz CT molecular complexity index is 346. The van der Waals surface area contributed by atoms with E-state index < -0.39 is 0 Å². The fraction of sp³-hybridized carbons (Fsp3) is 0.200. The number of para-hydroxylation sites is 1. The van der Waals surface area contributed by atoms with Gasteiger partial charge in [-0.3, -0.25) is 4.79 Å². The molecular formula is C10H13N3O. The smallest absolute Gasteiger partial charge is 0.245 e. The first-order valence-corrected chi connectivity index (χ1v) is 4.25. The molecule has 0 atom stereocenters. The van der Waals surface area contributed by atoms with Crippen LogP contribution in [0.2, 0.25) is 0 Å². The van der Waals surface area contributed by atoms with E-state index in [0.717, 1.165) is 5.69 Å². The Morgan fingerprint density at radius 3 is 2.43 bits per heavy atom. The molecule has 0 bridgehead atoms. The van der Waals surface area contributed by atoms with Crippen LogP contribution in [-0.4, -0.2) is 18.9 Å². The highest BCUT2D eigenvalue weighted by Gasteiger charge is 2.04. The lowest BCUT2D eigenvalue weighted by Crippen LogP contribution is -2.34. The molecular weight excluding hydrogens is 178 g/mol. The fourth-order valence-corrected chi connectivity index (χ4v) is 1.02. The second-order valence-corrected chi connectivity index (χ2v) is 2.88. The summed E-state index contributed by atoms with van der Waals surface area (Å²) in [5.74, 6) is -0.103. The summed E-state index contributed by atoms with van der Waals surface area (Å²) in [5, 5.41) is 0. The van der Waals surface area contributed by atoms with E-state index in [9.17, 15) is 4.79 Å². The molecule has 1 rings (SSSR count). The van der Waals surface area contributed by atoms with Gasteiger partial charge in [0, 0.05) is 19.7 Å². The van der Waals surface area contributed by atoms with Crippen molar-refractivity contribution in [3.8, 4) is 0 Å². The summed E-state index contributed by atoms with van der Waals surface area (Å²) in [7, 11) is 1.76. The Labute approximate surface area is 83.0 Å². The van der Waals surface area contributed by atoms with Gasteiger partial charge in [0.2, 0.25) is 11.9 Å². The van der Waals surface area contributed by atoms with Gasteiger partial charge in [0.1, 0.15) is 0 Å². The largest absolute Gasteiger partial charge is 0.369 e. The summed E-state index contributed by atoms with van der Waals surface area (Å²) in [6.45, 7) is 1.37. The quantitative estimate of drug-likeness (QED) is 0.532. The predicted octanol–water partition coefficient (Wildman–Crippen LogP) is 0.984. The number of amides is 1. The lowest BCUT2D eigenvalue weighted by atomic mass is 10.3. The van der Waals surface area contributed by atoms with Crippen LogP contribution in [-0.2, 0) is 4.79 Å². The maximum Gasteiger partial charge on any atom is 0.245 e. The molecule has 0 aliphatic rings. The van der Waals surface area contributed by atoms with E-state index in [-0.39, 0.29) is 11.9 Å². The lowest BCUT2D eigenvalue weighted by molar-refractivity contribution is -0.115. The van der Waals surface area contributed by atoms with Gasteiger partial charge in [0.25, 0.3) is 0 Å². The second-order valence-electron chi connectivity index (χ2n) is 2.88. The molecule has 0 unspecified atom stereocenters. The van der Waals surface area contributed by atoms with Gasteiger partial charge in [-0.2, -0.15) is 4.99 Å². The lowest BCUT2D eigenvalue weighted by Gasteiger charge is -2.17. The van der Waals surface area contributed by atoms with Gasteiger partial charge < -0.3 is 10.6 Å². The summed E-state index contributed by atoms with van der Waals surface area (Å²) < 4.78 is 0. The fourth-order valence-electron chi connectivity index (χ4n) is 1.02. The first-order valence-electron chi connectivity index (χ1n) is 4.25. The molecule has 0 aliphatic carbocycles. The van der Waals surface area contributed by atoms with E-state index in [1.165, 1.54) is 6.92 Å². The number of benzene rings is 1. The highest BCUT2D eigenvalue weighted by molar-refractivity contribution is 6.00. The molecule has 0 spiro atoms. The van der Waals surface area contributed by atoms with Crippen molar-refractivity contribution in [3.05, 3.63) is 30.3 Å². The predicted molar refractivity (Wildman–Crippen MR) is 57.1 cm³/mol. The normalized spacial score (nSPS) is 11.1. The van der Waals surface area contributed by atoms with Gasteiger partial charge in [-0.1, -0.05) is 18.2 Å². The van der Waals surface area contributed by atoms with E-state index in [1.807, 2.05) is 30.3 Å². The zero-order valence-corrected chi connectivity index (χ0v) is 8.27. The van der Waals surface area contributed by atoms with Crippen molar-refractivity contribution < 1.29 is 4.79 Å². The molecule has 74 valence electrons. The van der Waals surface area contributed by atoms with Crippen molar-refractivity contribution in [2.45, 2.75) is 6.92 Å². The Morgan fingerprint density at radius 1 is 1.36 bits per heavy atom. The van der Waals surface area contributed by atoms with E-state index >= 15 is 0 Å². The zero-order chi connectivity index (χ0) is 10.6. The average molecular weight is 191 g/mol. The van der Waals surface area contributed by atoms with Crippen molar-refractivity contribution in [2.75, 3.05) is 11.9 Å². The average Bonchev–Trinajstić information content (AvgIpc) is 2.17. The van der Waals surface area contributed by atoms with Crippen molar-refractivity contribution in [3.63, 3.8) is 0 Å². The first kappa shape index (κ1) is 10.2. The van der Waals surface area contributed by atoms with Crippen LogP contribution in [0.4, 0.5) is 5.69 Å². The van der Waals surface area contributed by atoms with Gasteiger partial charge >= 0.3 is 0 Å². The highest BCUT2D eigenvalue weighted by atomic mass is 16.1. The molecule has 0 aliphatic heterocycles. The maximum absolute atomic E-state index is 10.7. The number of aliphatic imine (C=N–C) groups is 1. The number of guanidine groups is 1. The van der Waals surface area contributed by atoms with Crippen LogP contribution in [0.1, 0.15) is 6.92 Å². The molecule has 0 fully saturated rings. The molecule has 0 radical (unpaired) electrons. The Morgan fingerprint density at radius 2 is 1.93 bits per heavy atom. The molecule has 0 saturated carbocycles. The minimum absolute atomic E-state index is 0.198. The molecule has 4 nitrogen and oxygen atoms in total. The number of hydrogen-bond donors (Lipinski definition) is 1. The Hall–Kier alpha value is -1.84. The first-order chi connectivity index (χ1) is 6.61. The van der Waals surface area contributed by atoms with Crippen LogP contribution in [0.3, 0.4) is 0 Å². The van der Waals surface area contributed by atoms with Crippen molar-refractivity contribution in [1.29, 1.82) is 0 Å². The summed E-state index contributed by atoms with van der Waals surface area (Å²) in [5.41, 5.74) is 6.50. The van der Waals surface area contributed by atoms with Crippen LogP contribution in [0.5, 0.6) is 0 Å². The van der Waals surface area contributed by atoms with Crippen LogP contribution in [0.15, 0.2) is 35.3 Å². The van der Waals surface area contributed by atoms with E-state index in [0.29, 0.717) is 0 Å². The number of carbonyl (C=O) groups is 1. The number of carbonyl (C=O) groups excluding carboxylic acids is 1. The Kier molecular flexibility index (Phi) is 3.23. The molecule has 4 heteroatoms. The van der Waals surface area contributed by atoms with Gasteiger partial charge in [-0.15, -0.1) is 0 Å². The topological polar surface area (TPSA) is 58.7 Å². The Balaban J connectivity index is 2.86. The summed E-state index contributed by atoms with van der Waals surface area (Å²) >= 11 is 0. The van der Waals surface area contributed by atoms with Gasteiger partial charge in [-0.05, 0) is 12.1 Å². The number of anilines is 1. The third kappa shape index (κ3) is 2.58. The van der Waals surface area contributed by atoms with Gasteiger partial charge in [-0.25, -0.2) is 0 Å². The van der Waals surface area contributed by atoms with Crippen LogP contribution in [0, 0.1) is 0 Å². The number of rotatable bonds is 1. The van der Waals surface area contributed by atoms with Gasteiger partial charge in [0.15, 0.2) is 0 Å². The van der Waals surface area contributed by atoms with Gasteiger partial charge in [0.05, 0.1) is 0 Å². The van der Waals surface area contributed by atoms with Crippen molar-refractivity contribution in [1.82, 2.24) is 0 Å². The molecule has 1 amide bonds. The second kappa shape index (κ2) is 4.41. The molecule has 14 heavy (non-hydrogen) atoms. The number of hydrogen-bond acceptors (Lipinski definition) is 1. The summed E-state index contributed by atoms with van der Waals surface area (Å²) in [6.07, 6.45) is 0. The number of nitrogens with two attached hydrogens (primary N) is 1.